The Morgan fingerprint density at radius 1 is 1.11 bits per heavy atom. The first-order valence-corrected chi connectivity index (χ1v) is 8.33. The zero-order chi connectivity index (χ0) is 18.8. The maximum atomic E-state index is 12.9. The van der Waals surface area contributed by atoms with Crippen LogP contribution in [0.15, 0.2) is 49.4 Å². The van der Waals surface area contributed by atoms with Crippen molar-refractivity contribution in [2.24, 2.45) is 0 Å². The van der Waals surface area contributed by atoms with E-state index in [1.165, 1.54) is 17.2 Å². The normalized spacial score (nSPS) is 10.9. The van der Waals surface area contributed by atoms with Gasteiger partial charge in [-0.2, -0.15) is 5.10 Å². The first-order chi connectivity index (χ1) is 13.1. The van der Waals surface area contributed by atoms with Crippen LogP contribution in [0.5, 0.6) is 11.5 Å². The Balaban J connectivity index is 1.68. The molecule has 0 aliphatic heterocycles. The summed E-state index contributed by atoms with van der Waals surface area (Å²) in [7, 11) is 0. The van der Waals surface area contributed by atoms with Gasteiger partial charge in [-0.15, -0.1) is 0 Å². The van der Waals surface area contributed by atoms with Crippen molar-refractivity contribution in [3.05, 3.63) is 72.0 Å². The fraction of sp³-hybridized carbons (Fsp3) is 0.158. The molecule has 27 heavy (non-hydrogen) atoms. The van der Waals surface area contributed by atoms with Gasteiger partial charge in [0, 0.05) is 11.4 Å². The lowest BCUT2D eigenvalue weighted by molar-refractivity contribution is 0.0992. The summed E-state index contributed by atoms with van der Waals surface area (Å²) in [6.45, 7) is 3.91. The third-order valence-electron chi connectivity index (χ3n) is 4.17. The number of ether oxygens (including phenoxy) is 1. The largest absolute Gasteiger partial charge is 0.452 e. The smallest absolute Gasteiger partial charge is 0.172 e. The van der Waals surface area contributed by atoms with Crippen LogP contribution in [0.25, 0.3) is 5.65 Å². The molecule has 0 saturated carbocycles. The van der Waals surface area contributed by atoms with Crippen LogP contribution in [0.2, 0.25) is 0 Å². The maximum absolute atomic E-state index is 12.9. The van der Waals surface area contributed by atoms with Crippen LogP contribution in [-0.4, -0.2) is 35.3 Å². The molecule has 4 aromatic heterocycles. The molecule has 0 aliphatic rings. The number of pyridine rings is 2. The molecule has 0 unspecified atom stereocenters. The Hall–Kier alpha value is -3.68. The minimum atomic E-state index is -0.112. The summed E-state index contributed by atoms with van der Waals surface area (Å²) >= 11 is 0. The molecule has 0 amide bonds. The molecule has 0 spiro atoms. The van der Waals surface area contributed by atoms with E-state index in [-0.39, 0.29) is 12.2 Å². The molecule has 0 aromatic carbocycles. The summed E-state index contributed by atoms with van der Waals surface area (Å²) in [5.41, 5.74) is 3.60. The Bertz CT molecular complexity index is 1120. The molecular weight excluding hydrogens is 344 g/mol. The minimum Gasteiger partial charge on any atom is -0.452 e. The van der Waals surface area contributed by atoms with Crippen LogP contribution in [0, 0.1) is 13.8 Å². The van der Waals surface area contributed by atoms with Gasteiger partial charge in [-0.1, -0.05) is 6.07 Å². The predicted octanol–water partition coefficient (Wildman–Crippen LogP) is 2.75. The van der Waals surface area contributed by atoms with Crippen LogP contribution in [0.3, 0.4) is 0 Å². The van der Waals surface area contributed by atoms with E-state index in [1.54, 1.807) is 24.7 Å². The Morgan fingerprint density at radius 2 is 1.93 bits per heavy atom. The van der Waals surface area contributed by atoms with Crippen LogP contribution in [-0.2, 0) is 6.42 Å². The SMILES string of the molecule is Cc1ccc(CC(=O)c2cc(Oc3cncnc3)cn3ncnc23)nc1C. The third-order valence-corrected chi connectivity index (χ3v) is 4.17. The topological polar surface area (TPSA) is 95.2 Å². The van der Waals surface area contributed by atoms with Crippen molar-refractivity contribution in [3.8, 4) is 11.5 Å². The Morgan fingerprint density at radius 3 is 2.70 bits per heavy atom. The number of aromatic nitrogens is 6. The van der Waals surface area contributed by atoms with Crippen molar-refractivity contribution in [1.82, 2.24) is 29.5 Å². The maximum Gasteiger partial charge on any atom is 0.172 e. The number of rotatable bonds is 5. The second-order valence-electron chi connectivity index (χ2n) is 6.10. The van der Waals surface area contributed by atoms with E-state index in [0.29, 0.717) is 28.4 Å². The van der Waals surface area contributed by atoms with Gasteiger partial charge in [-0.25, -0.2) is 19.5 Å². The molecule has 0 radical (unpaired) electrons. The van der Waals surface area contributed by atoms with E-state index in [1.807, 2.05) is 26.0 Å². The van der Waals surface area contributed by atoms with Crippen molar-refractivity contribution in [1.29, 1.82) is 0 Å². The van der Waals surface area contributed by atoms with Gasteiger partial charge < -0.3 is 4.74 Å². The summed E-state index contributed by atoms with van der Waals surface area (Å²) in [5, 5.41) is 4.12. The van der Waals surface area contributed by atoms with Gasteiger partial charge in [0.05, 0.1) is 30.6 Å². The number of hydrogen-bond donors (Lipinski definition) is 0. The van der Waals surface area contributed by atoms with E-state index in [0.717, 1.165) is 11.3 Å². The summed E-state index contributed by atoms with van der Waals surface area (Å²) in [6.07, 6.45) is 7.72. The van der Waals surface area contributed by atoms with Crippen LogP contribution in [0.1, 0.15) is 27.3 Å². The summed E-state index contributed by atoms with van der Waals surface area (Å²) in [5.74, 6) is 0.795. The quantitative estimate of drug-likeness (QED) is 0.505. The number of hydrogen-bond acceptors (Lipinski definition) is 7. The van der Waals surface area contributed by atoms with Gasteiger partial charge in [-0.05, 0) is 31.5 Å². The molecule has 0 fully saturated rings. The van der Waals surface area contributed by atoms with Gasteiger partial charge in [0.1, 0.15) is 18.4 Å². The lowest BCUT2D eigenvalue weighted by Crippen LogP contribution is -2.09. The van der Waals surface area contributed by atoms with E-state index in [2.05, 4.69) is 25.0 Å². The number of carbonyl (C=O) groups excluding carboxylic acids is 1. The fourth-order valence-corrected chi connectivity index (χ4v) is 2.68. The lowest BCUT2D eigenvalue weighted by Gasteiger charge is -2.09. The van der Waals surface area contributed by atoms with E-state index in [4.69, 9.17) is 4.74 Å². The molecule has 8 heteroatoms. The average molecular weight is 360 g/mol. The number of carbonyl (C=O) groups is 1. The van der Waals surface area contributed by atoms with E-state index in [9.17, 15) is 4.79 Å². The fourth-order valence-electron chi connectivity index (χ4n) is 2.68. The van der Waals surface area contributed by atoms with Crippen molar-refractivity contribution >= 4 is 11.4 Å². The Labute approximate surface area is 154 Å². The molecule has 0 bridgehead atoms. The highest BCUT2D eigenvalue weighted by Gasteiger charge is 2.17. The van der Waals surface area contributed by atoms with Crippen molar-refractivity contribution in [3.63, 3.8) is 0 Å². The molecule has 4 aromatic rings. The van der Waals surface area contributed by atoms with Crippen LogP contribution >= 0.6 is 0 Å². The van der Waals surface area contributed by atoms with Crippen molar-refractivity contribution < 1.29 is 9.53 Å². The molecule has 4 heterocycles. The summed E-state index contributed by atoms with van der Waals surface area (Å²) < 4.78 is 7.26. The highest BCUT2D eigenvalue weighted by Crippen LogP contribution is 2.23. The molecule has 0 N–H and O–H groups in total. The van der Waals surface area contributed by atoms with Gasteiger partial charge in [0.2, 0.25) is 0 Å². The Kier molecular flexibility index (Phi) is 4.29. The average Bonchev–Trinajstić information content (AvgIpc) is 3.13. The lowest BCUT2D eigenvalue weighted by atomic mass is 10.1. The molecule has 0 saturated heterocycles. The molecule has 8 nitrogen and oxygen atoms in total. The number of fused-ring (bicyclic) bond motifs is 1. The number of Topliss-reactive ketones (excluding diaryl/α,β-unsaturated/α-hetero) is 1. The summed E-state index contributed by atoms with van der Waals surface area (Å²) in [6, 6.07) is 5.48. The first-order valence-electron chi connectivity index (χ1n) is 8.33. The minimum absolute atomic E-state index is 0.112. The molecule has 0 atom stereocenters. The molecular formula is C19H16N6O2. The van der Waals surface area contributed by atoms with Gasteiger partial charge in [0.15, 0.2) is 17.2 Å². The van der Waals surface area contributed by atoms with E-state index < -0.39 is 0 Å². The van der Waals surface area contributed by atoms with Crippen molar-refractivity contribution in [2.45, 2.75) is 20.3 Å². The van der Waals surface area contributed by atoms with Crippen LogP contribution in [0.4, 0.5) is 0 Å². The first kappa shape index (κ1) is 16.8. The van der Waals surface area contributed by atoms with Gasteiger partial charge >= 0.3 is 0 Å². The summed E-state index contributed by atoms with van der Waals surface area (Å²) in [4.78, 5) is 29.4. The van der Waals surface area contributed by atoms with Gasteiger partial charge in [0.25, 0.3) is 0 Å². The molecule has 4 rings (SSSR count). The second-order valence-corrected chi connectivity index (χ2v) is 6.10. The zero-order valence-electron chi connectivity index (χ0n) is 14.8. The number of ketones is 1. The number of nitrogens with zero attached hydrogens (tertiary/aromatic N) is 6. The third kappa shape index (κ3) is 3.50. The standard InChI is InChI=1S/C19H16N6O2/c1-12-3-4-14(24-13(12)2)5-18(26)17-6-15(9-25-19(17)22-11-23-25)27-16-7-20-10-21-8-16/h3-4,6-11H,5H2,1-2H3. The highest BCUT2D eigenvalue weighted by atomic mass is 16.5. The van der Waals surface area contributed by atoms with E-state index >= 15 is 0 Å². The highest BCUT2D eigenvalue weighted by molar-refractivity contribution is 6.02. The monoisotopic (exact) mass is 360 g/mol. The second kappa shape index (κ2) is 6.91. The van der Waals surface area contributed by atoms with Crippen LogP contribution < -0.4 is 4.74 Å². The molecule has 0 aliphatic carbocycles. The molecule has 134 valence electrons. The number of aryl methyl sites for hydroxylation is 2. The van der Waals surface area contributed by atoms with Gasteiger partial charge in [-0.3, -0.25) is 9.78 Å². The predicted molar refractivity (Wildman–Crippen MR) is 96.8 cm³/mol. The zero-order valence-corrected chi connectivity index (χ0v) is 14.8. The van der Waals surface area contributed by atoms with Crippen molar-refractivity contribution in [2.75, 3.05) is 0 Å².